The first-order chi connectivity index (χ1) is 12.7. The van der Waals surface area contributed by atoms with E-state index >= 15 is 0 Å². The Hall–Kier alpha value is -3.20. The van der Waals surface area contributed by atoms with Crippen molar-refractivity contribution in [2.75, 3.05) is 21.3 Å². The molecule has 0 fully saturated rings. The molecule has 0 atom stereocenters. The van der Waals surface area contributed by atoms with Crippen LogP contribution in [-0.4, -0.2) is 47.4 Å². The molecule has 0 radical (unpaired) electrons. The van der Waals surface area contributed by atoms with Gasteiger partial charge in [-0.2, -0.15) is 14.9 Å². The zero-order valence-electron chi connectivity index (χ0n) is 14.5. The van der Waals surface area contributed by atoms with Crippen LogP contribution in [0.2, 0.25) is 0 Å². The lowest BCUT2D eigenvalue weighted by atomic mass is 10.2. The van der Waals surface area contributed by atoms with E-state index < -0.39 is 0 Å². The summed E-state index contributed by atoms with van der Waals surface area (Å²) in [5.74, 6) is 2.15. The van der Waals surface area contributed by atoms with Crippen LogP contribution in [0.5, 0.6) is 17.2 Å². The molecule has 3 rings (SSSR count). The number of benzene rings is 1. The third-order valence-corrected chi connectivity index (χ3v) is 3.90. The van der Waals surface area contributed by atoms with E-state index in [-0.39, 0.29) is 0 Å². The molecule has 26 heavy (non-hydrogen) atoms. The molecule has 0 aliphatic heterocycles. The largest absolute Gasteiger partial charge is 0.493 e. The van der Waals surface area contributed by atoms with Gasteiger partial charge in [-0.15, -0.1) is 0 Å². The summed E-state index contributed by atoms with van der Waals surface area (Å²) in [5, 5.41) is 11.4. The number of nitrogens with zero attached hydrogens (tertiary/aromatic N) is 4. The number of H-pyrrole nitrogens is 1. The molecule has 2 aromatic heterocycles. The predicted octanol–water partition coefficient (Wildman–Crippen LogP) is 2.91. The Balaban J connectivity index is 2.05. The summed E-state index contributed by atoms with van der Waals surface area (Å²) in [6, 6.07) is 7.25. The second kappa shape index (κ2) is 7.79. The number of ether oxygens (including phenoxy) is 3. The molecule has 0 spiro atoms. The average molecular weight is 371 g/mol. The van der Waals surface area contributed by atoms with Crippen molar-refractivity contribution in [2.45, 2.75) is 0 Å². The van der Waals surface area contributed by atoms with Crippen LogP contribution >= 0.6 is 12.2 Å². The van der Waals surface area contributed by atoms with Crippen molar-refractivity contribution >= 4 is 18.4 Å². The van der Waals surface area contributed by atoms with Crippen LogP contribution in [0, 0.1) is 4.77 Å². The van der Waals surface area contributed by atoms with Crippen LogP contribution in [0.1, 0.15) is 5.56 Å². The third kappa shape index (κ3) is 3.29. The number of rotatable bonds is 6. The Morgan fingerprint density at radius 2 is 1.77 bits per heavy atom. The van der Waals surface area contributed by atoms with Gasteiger partial charge in [0.25, 0.3) is 0 Å². The van der Waals surface area contributed by atoms with Gasteiger partial charge in [0.1, 0.15) is 0 Å². The fourth-order valence-corrected chi connectivity index (χ4v) is 2.61. The molecule has 1 aromatic carbocycles. The summed E-state index contributed by atoms with van der Waals surface area (Å²) >= 11 is 5.28. The van der Waals surface area contributed by atoms with Crippen molar-refractivity contribution in [1.82, 2.24) is 19.9 Å². The van der Waals surface area contributed by atoms with Crippen LogP contribution in [-0.2, 0) is 0 Å². The second-order valence-corrected chi connectivity index (χ2v) is 5.45. The molecule has 0 amide bonds. The first kappa shape index (κ1) is 17.6. The maximum Gasteiger partial charge on any atom is 0.216 e. The molecule has 0 saturated carbocycles. The highest BCUT2D eigenvalue weighted by Gasteiger charge is 2.15. The Morgan fingerprint density at radius 1 is 1.04 bits per heavy atom. The highest BCUT2D eigenvalue weighted by Crippen LogP contribution is 2.39. The highest BCUT2D eigenvalue weighted by atomic mass is 32.1. The zero-order valence-corrected chi connectivity index (χ0v) is 15.3. The maximum absolute atomic E-state index is 5.46. The number of methoxy groups -OCH3 is 3. The molecule has 0 unspecified atom stereocenters. The number of aromatic nitrogens is 4. The van der Waals surface area contributed by atoms with Crippen LogP contribution in [0.3, 0.4) is 0 Å². The van der Waals surface area contributed by atoms with E-state index in [4.69, 9.17) is 26.4 Å². The molecule has 0 saturated heterocycles. The molecule has 8 nitrogen and oxygen atoms in total. The molecule has 9 heteroatoms. The SMILES string of the molecule is COc1ccc(/C=N/n2c(-c3ccncc3)n[nH]c2=S)c(OC)c1OC. The van der Waals surface area contributed by atoms with Gasteiger partial charge in [-0.25, -0.2) is 5.10 Å². The lowest BCUT2D eigenvalue weighted by Gasteiger charge is -2.13. The molecule has 1 N–H and O–H groups in total. The minimum atomic E-state index is 0.368. The summed E-state index contributed by atoms with van der Waals surface area (Å²) in [5.41, 5.74) is 1.54. The fourth-order valence-electron chi connectivity index (χ4n) is 2.43. The minimum absolute atomic E-state index is 0.368. The van der Waals surface area contributed by atoms with Crippen LogP contribution in [0.4, 0.5) is 0 Å². The van der Waals surface area contributed by atoms with Crippen molar-refractivity contribution in [3.63, 3.8) is 0 Å². The zero-order chi connectivity index (χ0) is 18.5. The molecule has 0 aliphatic rings. The molecular weight excluding hydrogens is 354 g/mol. The molecule has 0 aliphatic carbocycles. The molecule has 2 heterocycles. The molecule has 0 bridgehead atoms. The van der Waals surface area contributed by atoms with Gasteiger partial charge in [0.2, 0.25) is 10.5 Å². The summed E-state index contributed by atoms with van der Waals surface area (Å²) in [6.45, 7) is 0. The summed E-state index contributed by atoms with van der Waals surface area (Å²) in [7, 11) is 4.67. The first-order valence-electron chi connectivity index (χ1n) is 7.60. The average Bonchev–Trinajstić information content (AvgIpc) is 3.06. The fraction of sp³-hybridized carbons (Fsp3) is 0.176. The Kier molecular flexibility index (Phi) is 5.28. The van der Waals surface area contributed by atoms with Gasteiger partial charge in [-0.05, 0) is 36.5 Å². The number of hydrogen-bond donors (Lipinski definition) is 1. The molecule has 3 aromatic rings. The van der Waals surface area contributed by atoms with Crippen molar-refractivity contribution in [2.24, 2.45) is 5.10 Å². The van der Waals surface area contributed by atoms with Gasteiger partial charge in [-0.1, -0.05) is 0 Å². The van der Waals surface area contributed by atoms with E-state index in [1.165, 1.54) is 4.68 Å². The molecular formula is C17H17N5O3S. The van der Waals surface area contributed by atoms with Crippen molar-refractivity contribution in [3.8, 4) is 28.6 Å². The van der Waals surface area contributed by atoms with E-state index in [9.17, 15) is 0 Å². The quantitative estimate of drug-likeness (QED) is 0.530. The number of nitrogens with one attached hydrogen (secondary N) is 1. The Labute approximate surface area is 155 Å². The first-order valence-corrected chi connectivity index (χ1v) is 8.01. The normalized spacial score (nSPS) is 10.9. The van der Waals surface area contributed by atoms with Gasteiger partial charge in [0, 0.05) is 23.5 Å². The number of pyridine rings is 1. The van der Waals surface area contributed by atoms with Gasteiger partial charge in [0.05, 0.1) is 27.5 Å². The standard InChI is InChI=1S/C17H17N5O3S/c1-23-13-5-4-12(14(24-2)15(13)25-3)10-19-22-16(20-21-17(22)26)11-6-8-18-9-7-11/h4-10H,1-3H3,(H,21,26)/b19-10+. The van der Waals surface area contributed by atoms with E-state index in [1.54, 1.807) is 46.0 Å². The van der Waals surface area contributed by atoms with E-state index in [0.29, 0.717) is 33.4 Å². The lowest BCUT2D eigenvalue weighted by Crippen LogP contribution is -2.00. The second-order valence-electron chi connectivity index (χ2n) is 5.07. The topological polar surface area (TPSA) is 86.6 Å². The van der Waals surface area contributed by atoms with Crippen molar-refractivity contribution in [3.05, 3.63) is 47.0 Å². The van der Waals surface area contributed by atoms with Gasteiger partial charge in [0.15, 0.2) is 17.3 Å². The minimum Gasteiger partial charge on any atom is -0.493 e. The maximum atomic E-state index is 5.46. The van der Waals surface area contributed by atoms with E-state index in [0.717, 1.165) is 5.56 Å². The van der Waals surface area contributed by atoms with Crippen LogP contribution < -0.4 is 14.2 Å². The Morgan fingerprint density at radius 3 is 2.42 bits per heavy atom. The Bertz CT molecular complexity index is 982. The summed E-state index contributed by atoms with van der Waals surface area (Å²) in [4.78, 5) is 4.01. The lowest BCUT2D eigenvalue weighted by molar-refractivity contribution is 0.324. The number of hydrogen-bond acceptors (Lipinski definition) is 7. The predicted molar refractivity (Wildman–Crippen MR) is 99.7 cm³/mol. The van der Waals surface area contributed by atoms with Crippen LogP contribution in [0.25, 0.3) is 11.4 Å². The van der Waals surface area contributed by atoms with Crippen LogP contribution in [0.15, 0.2) is 41.8 Å². The van der Waals surface area contributed by atoms with Crippen molar-refractivity contribution in [1.29, 1.82) is 0 Å². The van der Waals surface area contributed by atoms with E-state index in [2.05, 4.69) is 20.3 Å². The highest BCUT2D eigenvalue weighted by molar-refractivity contribution is 7.71. The number of aromatic amines is 1. The van der Waals surface area contributed by atoms with E-state index in [1.807, 2.05) is 18.2 Å². The summed E-state index contributed by atoms with van der Waals surface area (Å²) in [6.07, 6.45) is 4.98. The van der Waals surface area contributed by atoms with Gasteiger partial charge in [-0.3, -0.25) is 4.98 Å². The molecule has 134 valence electrons. The summed E-state index contributed by atoms with van der Waals surface area (Å²) < 4.78 is 18.0. The van der Waals surface area contributed by atoms with Gasteiger partial charge >= 0.3 is 0 Å². The van der Waals surface area contributed by atoms with Crippen molar-refractivity contribution < 1.29 is 14.2 Å². The van der Waals surface area contributed by atoms with Gasteiger partial charge < -0.3 is 14.2 Å². The monoisotopic (exact) mass is 371 g/mol. The third-order valence-electron chi connectivity index (χ3n) is 3.64. The smallest absolute Gasteiger partial charge is 0.216 e.